The highest BCUT2D eigenvalue weighted by Gasteiger charge is 2.31. The Morgan fingerprint density at radius 1 is 1.21 bits per heavy atom. The van der Waals surface area contributed by atoms with Crippen LogP contribution in [0.4, 0.5) is 0 Å². The molecule has 0 N–H and O–H groups in total. The van der Waals surface area contributed by atoms with Crippen LogP contribution >= 0.6 is 11.6 Å². The molecule has 1 amide bonds. The van der Waals surface area contributed by atoms with Gasteiger partial charge in [-0.25, -0.2) is 8.42 Å². The highest BCUT2D eigenvalue weighted by atomic mass is 35.5. The van der Waals surface area contributed by atoms with E-state index in [0.29, 0.717) is 24.6 Å². The molecular weight excluding hydrogens is 408 g/mol. The van der Waals surface area contributed by atoms with Crippen molar-refractivity contribution in [3.05, 3.63) is 64.7 Å². The van der Waals surface area contributed by atoms with Crippen molar-refractivity contribution in [2.45, 2.75) is 37.6 Å². The molecule has 2 aromatic carbocycles. The van der Waals surface area contributed by atoms with Crippen LogP contribution in [0.15, 0.2) is 53.4 Å². The van der Waals surface area contributed by atoms with Gasteiger partial charge in [0.05, 0.1) is 11.1 Å². The smallest absolute Gasteiger partial charge is 0.254 e. The molecule has 0 unspecified atom stereocenters. The van der Waals surface area contributed by atoms with Crippen molar-refractivity contribution < 1.29 is 13.2 Å². The molecule has 0 aromatic heterocycles. The number of sulfonamides is 1. The van der Waals surface area contributed by atoms with E-state index in [1.54, 1.807) is 18.0 Å². The minimum absolute atomic E-state index is 0.000110. The third-order valence-electron chi connectivity index (χ3n) is 5.60. The summed E-state index contributed by atoms with van der Waals surface area (Å²) in [5, 5.41) is 0.138. The van der Waals surface area contributed by atoms with Crippen LogP contribution in [0.2, 0.25) is 5.02 Å². The first-order chi connectivity index (χ1) is 13.7. The van der Waals surface area contributed by atoms with Crippen LogP contribution in [0.25, 0.3) is 0 Å². The predicted molar refractivity (Wildman–Crippen MR) is 116 cm³/mol. The van der Waals surface area contributed by atoms with E-state index in [9.17, 15) is 13.2 Å². The van der Waals surface area contributed by atoms with Crippen LogP contribution in [0.3, 0.4) is 0 Å². The Morgan fingerprint density at radius 3 is 2.55 bits per heavy atom. The van der Waals surface area contributed by atoms with Crippen molar-refractivity contribution in [3.8, 4) is 0 Å². The number of piperidine rings is 1. The minimum atomic E-state index is -3.75. The number of amides is 1. The SMILES string of the molecule is C[C@H]1CCCN(S(=O)(=O)c2cc(C(=O)N(C)[C@@H](C)c3ccccc3)ccc2Cl)C1. The van der Waals surface area contributed by atoms with Crippen molar-refractivity contribution in [2.75, 3.05) is 20.1 Å². The number of hydrogen-bond acceptors (Lipinski definition) is 3. The van der Waals surface area contributed by atoms with Crippen LogP contribution in [-0.2, 0) is 10.0 Å². The number of benzene rings is 2. The van der Waals surface area contributed by atoms with Gasteiger partial charge in [0.2, 0.25) is 10.0 Å². The fourth-order valence-corrected chi connectivity index (χ4v) is 5.77. The van der Waals surface area contributed by atoms with E-state index in [-0.39, 0.29) is 21.9 Å². The molecule has 1 fully saturated rings. The molecule has 2 atom stereocenters. The van der Waals surface area contributed by atoms with Gasteiger partial charge in [-0.05, 0) is 49.4 Å². The Balaban J connectivity index is 1.89. The maximum atomic E-state index is 13.2. The van der Waals surface area contributed by atoms with Gasteiger partial charge in [0.1, 0.15) is 4.90 Å². The third kappa shape index (κ3) is 4.65. The van der Waals surface area contributed by atoms with E-state index in [2.05, 4.69) is 0 Å². The van der Waals surface area contributed by atoms with Crippen molar-refractivity contribution in [1.29, 1.82) is 0 Å². The number of carbonyl (C=O) groups is 1. The summed E-state index contributed by atoms with van der Waals surface area (Å²) in [6, 6.07) is 14.0. The lowest BCUT2D eigenvalue weighted by atomic mass is 10.0. The molecule has 1 aliphatic rings. The highest BCUT2D eigenvalue weighted by Crippen LogP contribution is 2.30. The quantitative estimate of drug-likeness (QED) is 0.691. The van der Waals surface area contributed by atoms with E-state index < -0.39 is 10.0 Å². The van der Waals surface area contributed by atoms with Crippen molar-refractivity contribution in [1.82, 2.24) is 9.21 Å². The molecule has 0 radical (unpaired) electrons. The van der Waals surface area contributed by atoms with Gasteiger partial charge in [-0.15, -0.1) is 0 Å². The summed E-state index contributed by atoms with van der Waals surface area (Å²) in [5.41, 5.74) is 1.32. The van der Waals surface area contributed by atoms with Crippen LogP contribution in [0.5, 0.6) is 0 Å². The molecule has 7 heteroatoms. The molecular formula is C22H27ClN2O3S. The Hall–Kier alpha value is -1.89. The lowest BCUT2D eigenvalue weighted by molar-refractivity contribution is 0.0742. The minimum Gasteiger partial charge on any atom is -0.335 e. The van der Waals surface area contributed by atoms with Crippen LogP contribution in [-0.4, -0.2) is 43.7 Å². The first-order valence-corrected chi connectivity index (χ1v) is 11.7. The lowest BCUT2D eigenvalue weighted by Crippen LogP contribution is -2.39. The van der Waals surface area contributed by atoms with Gasteiger partial charge in [0.15, 0.2) is 0 Å². The predicted octanol–water partition coefficient (Wildman–Crippen LogP) is 4.59. The summed E-state index contributed by atoms with van der Waals surface area (Å²) >= 11 is 6.25. The van der Waals surface area contributed by atoms with Gasteiger partial charge in [-0.1, -0.05) is 48.9 Å². The van der Waals surface area contributed by atoms with Gasteiger partial charge >= 0.3 is 0 Å². The fraction of sp³-hybridized carbons (Fsp3) is 0.409. The Bertz CT molecular complexity index is 979. The summed E-state index contributed by atoms with van der Waals surface area (Å²) in [7, 11) is -2.03. The average molecular weight is 435 g/mol. The van der Waals surface area contributed by atoms with Gasteiger partial charge in [0.25, 0.3) is 5.91 Å². The summed E-state index contributed by atoms with van der Waals surface area (Å²) in [6.45, 7) is 4.94. The summed E-state index contributed by atoms with van der Waals surface area (Å²) in [6.07, 6.45) is 1.84. The zero-order valence-corrected chi connectivity index (χ0v) is 18.6. The molecule has 5 nitrogen and oxygen atoms in total. The van der Waals surface area contributed by atoms with Gasteiger partial charge in [-0.2, -0.15) is 4.31 Å². The molecule has 3 rings (SSSR count). The molecule has 1 saturated heterocycles. The standard InChI is InChI=1S/C22H27ClN2O3S/c1-16-8-7-13-25(15-16)29(27,28)21-14-19(11-12-20(21)23)22(26)24(3)17(2)18-9-5-4-6-10-18/h4-6,9-12,14,16-17H,7-8,13,15H2,1-3H3/t16-,17-/m0/s1. The third-order valence-corrected chi connectivity index (χ3v) is 7.95. The maximum absolute atomic E-state index is 13.2. The topological polar surface area (TPSA) is 57.7 Å². The number of rotatable bonds is 5. The Morgan fingerprint density at radius 2 is 1.90 bits per heavy atom. The number of nitrogens with zero attached hydrogens (tertiary/aromatic N) is 2. The van der Waals surface area contributed by atoms with E-state index in [1.807, 2.05) is 44.2 Å². The first-order valence-electron chi connectivity index (χ1n) is 9.83. The highest BCUT2D eigenvalue weighted by molar-refractivity contribution is 7.89. The number of halogens is 1. The molecule has 2 aromatic rings. The monoisotopic (exact) mass is 434 g/mol. The molecule has 29 heavy (non-hydrogen) atoms. The fourth-order valence-electron chi connectivity index (χ4n) is 3.67. The summed E-state index contributed by atoms with van der Waals surface area (Å²) < 4.78 is 27.8. The summed E-state index contributed by atoms with van der Waals surface area (Å²) in [5.74, 6) is 0.0569. The van der Waals surface area contributed by atoms with Crippen molar-refractivity contribution >= 4 is 27.5 Å². The van der Waals surface area contributed by atoms with Gasteiger partial charge < -0.3 is 4.90 Å². The summed E-state index contributed by atoms with van der Waals surface area (Å²) in [4.78, 5) is 14.7. The zero-order chi connectivity index (χ0) is 21.2. The molecule has 0 saturated carbocycles. The Kier molecular flexibility index (Phi) is 6.66. The normalized spacial score (nSPS) is 19.0. The van der Waals surface area contributed by atoms with Crippen LogP contribution in [0.1, 0.15) is 48.7 Å². The van der Waals surface area contributed by atoms with E-state index in [0.717, 1.165) is 18.4 Å². The van der Waals surface area contributed by atoms with E-state index >= 15 is 0 Å². The lowest BCUT2D eigenvalue weighted by Gasteiger charge is -2.30. The molecule has 156 valence electrons. The average Bonchev–Trinajstić information content (AvgIpc) is 2.73. The van der Waals surface area contributed by atoms with E-state index in [4.69, 9.17) is 11.6 Å². The van der Waals surface area contributed by atoms with Gasteiger partial charge in [0, 0.05) is 25.7 Å². The molecule has 0 bridgehead atoms. The second kappa shape index (κ2) is 8.86. The van der Waals surface area contributed by atoms with Gasteiger partial charge in [-0.3, -0.25) is 4.79 Å². The van der Waals surface area contributed by atoms with E-state index in [1.165, 1.54) is 16.4 Å². The van der Waals surface area contributed by atoms with Crippen molar-refractivity contribution in [3.63, 3.8) is 0 Å². The maximum Gasteiger partial charge on any atom is 0.254 e. The Labute approximate surface area is 178 Å². The molecule has 0 spiro atoms. The van der Waals surface area contributed by atoms with Crippen LogP contribution in [0, 0.1) is 5.92 Å². The zero-order valence-electron chi connectivity index (χ0n) is 17.0. The molecule has 0 aliphatic carbocycles. The van der Waals surface area contributed by atoms with Crippen molar-refractivity contribution in [2.24, 2.45) is 5.92 Å². The second-order valence-electron chi connectivity index (χ2n) is 7.76. The number of hydrogen-bond donors (Lipinski definition) is 0. The second-order valence-corrected chi connectivity index (χ2v) is 10.1. The largest absolute Gasteiger partial charge is 0.335 e. The number of carbonyl (C=O) groups excluding carboxylic acids is 1. The van der Waals surface area contributed by atoms with Crippen LogP contribution < -0.4 is 0 Å². The molecule has 1 aliphatic heterocycles. The molecule has 1 heterocycles. The first kappa shape index (κ1) is 21.8.